The zero-order valence-corrected chi connectivity index (χ0v) is 10.7. The molecular formula is C13H15ClN2O. The summed E-state index contributed by atoms with van der Waals surface area (Å²) in [4.78, 5) is 11.7. The molecule has 90 valence electrons. The molecule has 0 saturated heterocycles. The van der Waals surface area contributed by atoms with Gasteiger partial charge in [0.25, 0.3) is 0 Å². The summed E-state index contributed by atoms with van der Waals surface area (Å²) < 4.78 is 0. The van der Waals surface area contributed by atoms with Crippen LogP contribution in [0.2, 0.25) is 5.02 Å². The average molecular weight is 251 g/mol. The predicted molar refractivity (Wildman–Crippen MR) is 68.9 cm³/mol. The smallest absolute Gasteiger partial charge is 0.227 e. The Morgan fingerprint density at radius 3 is 2.82 bits per heavy atom. The summed E-state index contributed by atoms with van der Waals surface area (Å²) in [7, 11) is 0. The van der Waals surface area contributed by atoms with E-state index in [0.717, 1.165) is 12.8 Å². The standard InChI is InChI=1S/C13H15ClN2O/c1-3-4-9(2)13(17)16-11-6-5-10(8-15)12(14)7-11/h5-7,9H,3-4H2,1-2H3,(H,16,17). The molecule has 3 nitrogen and oxygen atoms in total. The molecule has 1 aromatic rings. The lowest BCUT2D eigenvalue weighted by atomic mass is 10.1. The first-order valence-electron chi connectivity index (χ1n) is 5.59. The monoisotopic (exact) mass is 250 g/mol. The molecule has 0 radical (unpaired) electrons. The summed E-state index contributed by atoms with van der Waals surface area (Å²) in [6.07, 6.45) is 1.83. The van der Waals surface area contributed by atoms with E-state index < -0.39 is 0 Å². The number of amides is 1. The highest BCUT2D eigenvalue weighted by Gasteiger charge is 2.12. The molecule has 1 atom stereocenters. The van der Waals surface area contributed by atoms with E-state index in [4.69, 9.17) is 16.9 Å². The molecule has 0 spiro atoms. The maximum Gasteiger partial charge on any atom is 0.227 e. The van der Waals surface area contributed by atoms with Gasteiger partial charge in [0.1, 0.15) is 6.07 Å². The summed E-state index contributed by atoms with van der Waals surface area (Å²) in [6, 6.07) is 6.85. The van der Waals surface area contributed by atoms with Gasteiger partial charge in [-0.2, -0.15) is 5.26 Å². The third kappa shape index (κ3) is 3.76. The molecule has 0 aliphatic carbocycles. The Bertz CT molecular complexity index is 451. The first-order chi connectivity index (χ1) is 8.08. The fourth-order valence-corrected chi connectivity index (χ4v) is 1.74. The molecule has 1 unspecified atom stereocenters. The van der Waals surface area contributed by atoms with Gasteiger partial charge in [-0.3, -0.25) is 4.79 Å². The maximum atomic E-state index is 11.7. The second-order valence-corrected chi connectivity index (χ2v) is 4.39. The third-order valence-electron chi connectivity index (χ3n) is 2.53. The van der Waals surface area contributed by atoms with Crippen LogP contribution in [0.5, 0.6) is 0 Å². The van der Waals surface area contributed by atoms with Crippen molar-refractivity contribution in [2.24, 2.45) is 5.92 Å². The topological polar surface area (TPSA) is 52.9 Å². The van der Waals surface area contributed by atoms with E-state index in [2.05, 4.69) is 5.32 Å². The summed E-state index contributed by atoms with van der Waals surface area (Å²) >= 11 is 5.88. The SMILES string of the molecule is CCCC(C)C(=O)Nc1ccc(C#N)c(Cl)c1. The number of rotatable bonds is 4. The molecule has 1 amide bonds. The van der Waals surface area contributed by atoms with Gasteiger partial charge >= 0.3 is 0 Å². The van der Waals surface area contributed by atoms with Crippen LogP contribution in [0.4, 0.5) is 5.69 Å². The largest absolute Gasteiger partial charge is 0.326 e. The molecule has 0 heterocycles. The Balaban J connectivity index is 2.73. The molecule has 17 heavy (non-hydrogen) atoms. The maximum absolute atomic E-state index is 11.7. The number of benzene rings is 1. The molecule has 0 bridgehead atoms. The summed E-state index contributed by atoms with van der Waals surface area (Å²) in [5.74, 6) is -0.0398. The van der Waals surface area contributed by atoms with E-state index in [1.54, 1.807) is 18.2 Å². The van der Waals surface area contributed by atoms with Crippen LogP contribution >= 0.6 is 11.6 Å². The summed E-state index contributed by atoms with van der Waals surface area (Å²) in [6.45, 7) is 3.94. The first kappa shape index (κ1) is 13.5. The third-order valence-corrected chi connectivity index (χ3v) is 2.84. The van der Waals surface area contributed by atoms with Gasteiger partial charge in [0.2, 0.25) is 5.91 Å². The van der Waals surface area contributed by atoms with Crippen molar-refractivity contribution in [1.29, 1.82) is 5.26 Å². The van der Waals surface area contributed by atoms with Crippen molar-refractivity contribution in [3.8, 4) is 6.07 Å². The molecule has 0 aliphatic heterocycles. The Morgan fingerprint density at radius 2 is 2.29 bits per heavy atom. The second-order valence-electron chi connectivity index (χ2n) is 3.99. The van der Waals surface area contributed by atoms with Gasteiger partial charge in [-0.1, -0.05) is 31.9 Å². The number of hydrogen-bond donors (Lipinski definition) is 1. The minimum atomic E-state index is -0.0207. The Labute approximate surface area is 106 Å². The number of carbonyl (C=O) groups excluding carboxylic acids is 1. The lowest BCUT2D eigenvalue weighted by Gasteiger charge is -2.11. The van der Waals surface area contributed by atoms with Crippen LogP contribution in [-0.4, -0.2) is 5.91 Å². The normalized spacial score (nSPS) is 11.6. The van der Waals surface area contributed by atoms with E-state index in [1.807, 2.05) is 19.9 Å². The molecule has 1 aromatic carbocycles. The number of anilines is 1. The van der Waals surface area contributed by atoms with Crippen LogP contribution in [0.1, 0.15) is 32.3 Å². The fourth-order valence-electron chi connectivity index (χ4n) is 1.51. The number of halogens is 1. The quantitative estimate of drug-likeness (QED) is 0.888. The Hall–Kier alpha value is -1.53. The minimum Gasteiger partial charge on any atom is -0.326 e. The molecule has 0 aliphatic rings. The van der Waals surface area contributed by atoms with Crippen molar-refractivity contribution in [2.45, 2.75) is 26.7 Å². The Morgan fingerprint density at radius 1 is 1.59 bits per heavy atom. The van der Waals surface area contributed by atoms with Crippen molar-refractivity contribution in [3.63, 3.8) is 0 Å². The van der Waals surface area contributed by atoms with Crippen LogP contribution in [0.25, 0.3) is 0 Å². The van der Waals surface area contributed by atoms with Gasteiger partial charge in [-0.15, -0.1) is 0 Å². The number of nitrogens with one attached hydrogen (secondary N) is 1. The molecule has 1 rings (SSSR count). The van der Waals surface area contributed by atoms with Gasteiger partial charge in [-0.25, -0.2) is 0 Å². The second kappa shape index (κ2) is 6.27. The van der Waals surface area contributed by atoms with Gasteiger partial charge in [-0.05, 0) is 24.6 Å². The van der Waals surface area contributed by atoms with Crippen molar-refractivity contribution in [3.05, 3.63) is 28.8 Å². The molecule has 0 fully saturated rings. The first-order valence-corrected chi connectivity index (χ1v) is 5.96. The van der Waals surface area contributed by atoms with Crippen LogP contribution < -0.4 is 5.32 Å². The fraction of sp³-hybridized carbons (Fsp3) is 0.385. The lowest BCUT2D eigenvalue weighted by molar-refractivity contribution is -0.119. The van der Waals surface area contributed by atoms with E-state index >= 15 is 0 Å². The highest BCUT2D eigenvalue weighted by Crippen LogP contribution is 2.21. The number of carbonyl (C=O) groups is 1. The average Bonchev–Trinajstić information content (AvgIpc) is 2.29. The van der Waals surface area contributed by atoms with Crippen LogP contribution in [0.3, 0.4) is 0 Å². The van der Waals surface area contributed by atoms with E-state index in [-0.39, 0.29) is 11.8 Å². The molecule has 4 heteroatoms. The predicted octanol–water partition coefficient (Wildman–Crippen LogP) is 3.59. The highest BCUT2D eigenvalue weighted by atomic mass is 35.5. The summed E-state index contributed by atoms with van der Waals surface area (Å²) in [5.41, 5.74) is 1.04. The minimum absolute atomic E-state index is 0.0191. The Kier molecular flexibility index (Phi) is 4.99. The highest BCUT2D eigenvalue weighted by molar-refractivity contribution is 6.32. The molecule has 0 saturated carbocycles. The molecular weight excluding hydrogens is 236 g/mol. The molecule has 0 aromatic heterocycles. The van der Waals surface area contributed by atoms with Crippen LogP contribution in [0, 0.1) is 17.2 Å². The van der Waals surface area contributed by atoms with Crippen LogP contribution in [0.15, 0.2) is 18.2 Å². The molecule has 1 N–H and O–H groups in total. The number of hydrogen-bond acceptors (Lipinski definition) is 2. The lowest BCUT2D eigenvalue weighted by Crippen LogP contribution is -2.20. The van der Waals surface area contributed by atoms with Gasteiger partial charge < -0.3 is 5.32 Å². The van der Waals surface area contributed by atoms with Crippen molar-refractivity contribution in [1.82, 2.24) is 0 Å². The van der Waals surface area contributed by atoms with Crippen molar-refractivity contribution >= 4 is 23.2 Å². The van der Waals surface area contributed by atoms with Gasteiger partial charge in [0.05, 0.1) is 10.6 Å². The van der Waals surface area contributed by atoms with E-state index in [1.165, 1.54) is 0 Å². The van der Waals surface area contributed by atoms with E-state index in [0.29, 0.717) is 16.3 Å². The van der Waals surface area contributed by atoms with Crippen LogP contribution in [-0.2, 0) is 4.79 Å². The van der Waals surface area contributed by atoms with Crippen molar-refractivity contribution in [2.75, 3.05) is 5.32 Å². The summed E-state index contributed by atoms with van der Waals surface area (Å²) in [5, 5.41) is 11.9. The van der Waals surface area contributed by atoms with E-state index in [9.17, 15) is 4.79 Å². The number of nitrogens with zero attached hydrogens (tertiary/aromatic N) is 1. The van der Waals surface area contributed by atoms with Gasteiger partial charge in [0, 0.05) is 11.6 Å². The zero-order valence-electron chi connectivity index (χ0n) is 9.96. The zero-order chi connectivity index (χ0) is 12.8. The number of nitriles is 1. The van der Waals surface area contributed by atoms with Crippen molar-refractivity contribution < 1.29 is 4.79 Å². The van der Waals surface area contributed by atoms with Gasteiger partial charge in [0.15, 0.2) is 0 Å².